The monoisotopic (exact) mass is 275 g/mol. The van der Waals surface area contributed by atoms with Gasteiger partial charge in [0.05, 0.1) is 6.42 Å². The second-order valence-corrected chi connectivity index (χ2v) is 5.60. The Kier molecular flexibility index (Phi) is 4.09. The zero-order chi connectivity index (χ0) is 13.8. The first kappa shape index (κ1) is 13.3. The molecule has 0 aromatic heterocycles. The number of nitrogens with one attached hydrogen (secondary N) is 1. The molecule has 1 fully saturated rings. The van der Waals surface area contributed by atoms with Gasteiger partial charge in [0, 0.05) is 6.04 Å². The lowest BCUT2D eigenvalue weighted by Gasteiger charge is -2.27. The highest BCUT2D eigenvalue weighted by Gasteiger charge is 2.24. The van der Waals surface area contributed by atoms with Gasteiger partial charge in [-0.15, -0.1) is 0 Å². The number of benzene rings is 1. The van der Waals surface area contributed by atoms with Gasteiger partial charge < -0.3 is 14.8 Å². The molecule has 2 aliphatic rings. The summed E-state index contributed by atoms with van der Waals surface area (Å²) in [5, 5.41) is 3.12. The van der Waals surface area contributed by atoms with Crippen LogP contribution < -0.4 is 14.8 Å². The minimum atomic E-state index is -0.187. The Labute approximate surface area is 119 Å². The molecule has 1 aromatic carbocycles. The Hall–Kier alpha value is -1.71. The number of ether oxygens (including phenoxy) is 2. The van der Waals surface area contributed by atoms with Gasteiger partial charge in [-0.3, -0.25) is 4.79 Å². The van der Waals surface area contributed by atoms with E-state index in [-0.39, 0.29) is 12.0 Å². The third-order valence-electron chi connectivity index (χ3n) is 3.95. The molecule has 1 aliphatic carbocycles. The normalized spacial score (nSPS) is 22.3. The van der Waals surface area contributed by atoms with Gasteiger partial charge in [0.1, 0.15) is 12.7 Å². The first-order valence-corrected chi connectivity index (χ1v) is 7.49. The molecule has 0 saturated heterocycles. The van der Waals surface area contributed by atoms with E-state index < -0.39 is 0 Å². The van der Waals surface area contributed by atoms with E-state index in [0.29, 0.717) is 19.1 Å². The van der Waals surface area contributed by atoms with Crippen LogP contribution in [-0.4, -0.2) is 24.7 Å². The van der Waals surface area contributed by atoms with E-state index in [0.717, 1.165) is 24.3 Å². The summed E-state index contributed by atoms with van der Waals surface area (Å²) >= 11 is 0. The van der Waals surface area contributed by atoms with E-state index in [9.17, 15) is 4.79 Å². The molecule has 0 spiro atoms. The topological polar surface area (TPSA) is 47.6 Å². The summed E-state index contributed by atoms with van der Waals surface area (Å²) in [5.41, 5.74) is 0. The van der Waals surface area contributed by atoms with Gasteiger partial charge in [-0.2, -0.15) is 0 Å². The number of carbonyl (C=O) groups excluding carboxylic acids is 1. The first-order valence-electron chi connectivity index (χ1n) is 7.49. The van der Waals surface area contributed by atoms with Crippen LogP contribution in [0.25, 0.3) is 0 Å². The molecular weight excluding hydrogens is 254 g/mol. The smallest absolute Gasteiger partial charge is 0.224 e. The molecule has 20 heavy (non-hydrogen) atoms. The highest BCUT2D eigenvalue weighted by atomic mass is 16.6. The summed E-state index contributed by atoms with van der Waals surface area (Å²) in [4.78, 5) is 12.0. The van der Waals surface area contributed by atoms with Gasteiger partial charge in [0.25, 0.3) is 0 Å². The number of rotatable bonds is 3. The maximum atomic E-state index is 12.0. The highest BCUT2D eigenvalue weighted by molar-refractivity contribution is 5.76. The van der Waals surface area contributed by atoms with Crippen LogP contribution in [0, 0.1) is 0 Å². The zero-order valence-corrected chi connectivity index (χ0v) is 11.6. The quantitative estimate of drug-likeness (QED) is 0.922. The fourth-order valence-corrected chi connectivity index (χ4v) is 2.90. The second kappa shape index (κ2) is 6.16. The number of hydrogen-bond acceptors (Lipinski definition) is 3. The van der Waals surface area contributed by atoms with Crippen LogP contribution >= 0.6 is 0 Å². The van der Waals surface area contributed by atoms with Gasteiger partial charge in [-0.05, 0) is 25.0 Å². The summed E-state index contributed by atoms with van der Waals surface area (Å²) in [5.74, 6) is 1.57. The molecule has 1 saturated carbocycles. The van der Waals surface area contributed by atoms with Gasteiger partial charge in [-0.25, -0.2) is 0 Å². The number of hydrogen-bond donors (Lipinski definition) is 1. The molecule has 0 radical (unpaired) electrons. The number of amides is 1. The van der Waals surface area contributed by atoms with Crippen molar-refractivity contribution >= 4 is 5.91 Å². The summed E-state index contributed by atoms with van der Waals surface area (Å²) in [7, 11) is 0. The minimum absolute atomic E-state index is 0.0740. The van der Waals surface area contributed by atoms with Crippen molar-refractivity contribution in [3.05, 3.63) is 24.3 Å². The van der Waals surface area contributed by atoms with Crippen molar-refractivity contribution in [1.82, 2.24) is 5.32 Å². The third kappa shape index (κ3) is 3.24. The summed E-state index contributed by atoms with van der Waals surface area (Å²) in [6, 6.07) is 7.94. The molecule has 0 bridgehead atoms. The van der Waals surface area contributed by atoms with Crippen molar-refractivity contribution in [2.24, 2.45) is 0 Å². The van der Waals surface area contributed by atoms with Gasteiger partial charge >= 0.3 is 0 Å². The molecule has 1 N–H and O–H groups in total. The molecule has 1 heterocycles. The van der Waals surface area contributed by atoms with E-state index in [4.69, 9.17) is 9.47 Å². The molecule has 1 aromatic rings. The van der Waals surface area contributed by atoms with Crippen molar-refractivity contribution in [2.45, 2.75) is 50.7 Å². The second-order valence-electron chi connectivity index (χ2n) is 5.60. The fraction of sp³-hybridized carbons (Fsp3) is 0.562. The first-order chi connectivity index (χ1) is 9.81. The van der Waals surface area contributed by atoms with Crippen LogP contribution in [0.5, 0.6) is 11.5 Å². The predicted octanol–water partition coefficient (Wildman–Crippen LogP) is 2.67. The Morgan fingerprint density at radius 1 is 1.15 bits per heavy atom. The summed E-state index contributed by atoms with van der Waals surface area (Å²) in [6.07, 6.45) is 6.14. The summed E-state index contributed by atoms with van der Waals surface area (Å²) in [6.45, 7) is 0.440. The molecule has 4 nitrogen and oxygen atoms in total. The Morgan fingerprint density at radius 2 is 1.90 bits per heavy atom. The highest BCUT2D eigenvalue weighted by Crippen LogP contribution is 2.31. The third-order valence-corrected chi connectivity index (χ3v) is 3.95. The molecular formula is C16H21NO3. The standard InChI is InChI=1S/C16H21NO3/c18-16(17-12-6-2-1-3-7-12)10-13-11-19-14-8-4-5-9-15(14)20-13/h4-5,8-9,12-13H,1-3,6-7,10-11H2,(H,17,18)/t13-/m1/s1. The Morgan fingerprint density at radius 3 is 2.70 bits per heavy atom. The average Bonchev–Trinajstić information content (AvgIpc) is 2.48. The van der Waals surface area contributed by atoms with Crippen molar-refractivity contribution < 1.29 is 14.3 Å². The molecule has 0 unspecified atom stereocenters. The SMILES string of the molecule is O=C(C[C@@H]1COc2ccccc2O1)NC1CCCCC1. The molecule has 1 atom stereocenters. The number of para-hydroxylation sites is 2. The van der Waals surface area contributed by atoms with Gasteiger partial charge in [0.2, 0.25) is 5.91 Å². The molecule has 1 amide bonds. The van der Waals surface area contributed by atoms with Gasteiger partial charge in [0.15, 0.2) is 11.5 Å². The van der Waals surface area contributed by atoms with Crippen LogP contribution in [-0.2, 0) is 4.79 Å². The molecule has 3 rings (SSSR count). The lowest BCUT2D eigenvalue weighted by Crippen LogP contribution is -2.40. The lowest BCUT2D eigenvalue weighted by atomic mass is 9.95. The van der Waals surface area contributed by atoms with Crippen LogP contribution in [0.1, 0.15) is 38.5 Å². The van der Waals surface area contributed by atoms with Crippen LogP contribution in [0.15, 0.2) is 24.3 Å². The molecule has 1 aliphatic heterocycles. The van der Waals surface area contributed by atoms with Crippen LogP contribution in [0.4, 0.5) is 0 Å². The number of carbonyl (C=O) groups is 1. The van der Waals surface area contributed by atoms with E-state index in [1.165, 1.54) is 19.3 Å². The van der Waals surface area contributed by atoms with Crippen molar-refractivity contribution in [1.29, 1.82) is 0 Å². The fourth-order valence-electron chi connectivity index (χ4n) is 2.90. The van der Waals surface area contributed by atoms with Crippen molar-refractivity contribution in [3.63, 3.8) is 0 Å². The Balaban J connectivity index is 1.50. The maximum absolute atomic E-state index is 12.0. The summed E-state index contributed by atoms with van der Waals surface area (Å²) < 4.78 is 11.4. The predicted molar refractivity (Wildman–Crippen MR) is 76.0 cm³/mol. The zero-order valence-electron chi connectivity index (χ0n) is 11.6. The van der Waals surface area contributed by atoms with Crippen LogP contribution in [0.2, 0.25) is 0 Å². The van der Waals surface area contributed by atoms with E-state index >= 15 is 0 Å². The van der Waals surface area contributed by atoms with E-state index in [1.807, 2.05) is 24.3 Å². The van der Waals surface area contributed by atoms with Crippen molar-refractivity contribution in [2.75, 3.05) is 6.61 Å². The van der Waals surface area contributed by atoms with Crippen molar-refractivity contribution in [3.8, 4) is 11.5 Å². The Bertz CT molecular complexity index is 469. The van der Waals surface area contributed by atoms with E-state index in [1.54, 1.807) is 0 Å². The average molecular weight is 275 g/mol. The van der Waals surface area contributed by atoms with Gasteiger partial charge in [-0.1, -0.05) is 31.4 Å². The minimum Gasteiger partial charge on any atom is -0.486 e. The number of fused-ring (bicyclic) bond motifs is 1. The molecule has 108 valence electrons. The molecule has 4 heteroatoms. The lowest BCUT2D eigenvalue weighted by molar-refractivity contribution is -0.124. The van der Waals surface area contributed by atoms with Crippen LogP contribution in [0.3, 0.4) is 0 Å². The largest absolute Gasteiger partial charge is 0.486 e. The van der Waals surface area contributed by atoms with E-state index in [2.05, 4.69) is 5.32 Å². The maximum Gasteiger partial charge on any atom is 0.224 e.